The van der Waals surface area contributed by atoms with E-state index in [4.69, 9.17) is 9.05 Å². The predicted molar refractivity (Wildman–Crippen MR) is 270 cm³/mol. The van der Waals surface area contributed by atoms with Gasteiger partial charge in [-0.2, -0.15) is 0 Å². The summed E-state index contributed by atoms with van der Waals surface area (Å²) >= 11 is 0. The number of nitrogens with zero attached hydrogens (tertiary/aromatic N) is 1. The molecular formula is C54H111N2O6P. The lowest BCUT2D eigenvalue weighted by atomic mass is 10.0. The van der Waals surface area contributed by atoms with E-state index < -0.39 is 20.0 Å². The second-order valence-electron chi connectivity index (χ2n) is 20.7. The first-order valence-corrected chi connectivity index (χ1v) is 29.3. The van der Waals surface area contributed by atoms with Gasteiger partial charge in [0, 0.05) is 6.42 Å². The lowest BCUT2D eigenvalue weighted by molar-refractivity contribution is -0.870. The first-order valence-electron chi connectivity index (χ1n) is 27.9. The fourth-order valence-corrected chi connectivity index (χ4v) is 9.41. The number of hydrogen-bond donors (Lipinski definition) is 2. The molecule has 0 aliphatic rings. The van der Waals surface area contributed by atoms with Gasteiger partial charge in [-0.15, -0.1) is 0 Å². The summed E-state index contributed by atoms with van der Waals surface area (Å²) < 4.78 is 23.1. The third-order valence-electron chi connectivity index (χ3n) is 13.1. The van der Waals surface area contributed by atoms with Crippen LogP contribution in [0.2, 0.25) is 0 Å². The summed E-state index contributed by atoms with van der Waals surface area (Å²) in [5, 5.41) is 13.7. The Morgan fingerprint density at radius 1 is 0.492 bits per heavy atom. The number of carbonyl (C=O) groups excluding carboxylic acids is 1. The Bertz CT molecular complexity index is 994. The zero-order chi connectivity index (χ0) is 46.4. The highest BCUT2D eigenvalue weighted by Crippen LogP contribution is 2.38. The molecule has 9 heteroatoms. The van der Waals surface area contributed by atoms with E-state index in [2.05, 4.69) is 19.2 Å². The van der Waals surface area contributed by atoms with E-state index in [1.165, 1.54) is 212 Å². The van der Waals surface area contributed by atoms with E-state index in [0.29, 0.717) is 23.9 Å². The highest BCUT2D eigenvalue weighted by atomic mass is 31.2. The molecule has 0 rings (SSSR count). The molecule has 0 heterocycles. The smallest absolute Gasteiger partial charge is 0.268 e. The van der Waals surface area contributed by atoms with Crippen LogP contribution in [0.1, 0.15) is 290 Å². The highest BCUT2D eigenvalue weighted by molar-refractivity contribution is 7.45. The van der Waals surface area contributed by atoms with Crippen molar-refractivity contribution in [2.75, 3.05) is 40.9 Å². The molecule has 0 bridgehead atoms. The predicted octanol–water partition coefficient (Wildman–Crippen LogP) is 15.9. The van der Waals surface area contributed by atoms with Crippen molar-refractivity contribution in [1.29, 1.82) is 0 Å². The molecule has 2 N–H and O–H groups in total. The topological polar surface area (TPSA) is 108 Å². The minimum atomic E-state index is -4.55. The molecule has 0 spiro atoms. The quantitative estimate of drug-likeness (QED) is 0.0357. The third kappa shape index (κ3) is 49.2. The maximum Gasteiger partial charge on any atom is 0.268 e. The Hall–Kier alpha value is -0.500. The zero-order valence-corrected chi connectivity index (χ0v) is 44.0. The second-order valence-corrected chi connectivity index (χ2v) is 22.1. The van der Waals surface area contributed by atoms with Gasteiger partial charge in [-0.3, -0.25) is 9.36 Å². The number of phosphoric acid groups is 1. The molecule has 0 radical (unpaired) electrons. The van der Waals surface area contributed by atoms with Crippen LogP contribution in [0, 0.1) is 0 Å². The van der Waals surface area contributed by atoms with E-state index in [9.17, 15) is 19.4 Å². The average molecular weight is 915 g/mol. The van der Waals surface area contributed by atoms with Gasteiger partial charge in [0.15, 0.2) is 0 Å². The Kier molecular flexibility index (Phi) is 46.2. The number of unbranched alkanes of at least 4 members (excludes halogenated alkanes) is 39. The van der Waals surface area contributed by atoms with Crippen LogP contribution in [-0.4, -0.2) is 68.5 Å². The lowest BCUT2D eigenvalue weighted by Gasteiger charge is -2.30. The molecular weight excluding hydrogens is 804 g/mol. The molecule has 0 saturated carbocycles. The molecule has 0 saturated heterocycles. The number of phosphoric ester groups is 1. The van der Waals surface area contributed by atoms with E-state index in [1.54, 1.807) is 0 Å². The van der Waals surface area contributed by atoms with Gasteiger partial charge >= 0.3 is 0 Å². The third-order valence-corrected chi connectivity index (χ3v) is 14.1. The summed E-state index contributed by atoms with van der Waals surface area (Å²) in [6.45, 7) is 4.66. The van der Waals surface area contributed by atoms with Gasteiger partial charge in [-0.25, -0.2) is 0 Å². The highest BCUT2D eigenvalue weighted by Gasteiger charge is 2.24. The number of nitrogens with one attached hydrogen (secondary N) is 1. The maximum absolute atomic E-state index is 12.8. The molecule has 0 aliphatic heterocycles. The van der Waals surface area contributed by atoms with Crippen LogP contribution in [0.25, 0.3) is 0 Å². The number of likely N-dealkylation sites (N-methyl/N-ethyl adjacent to an activating group) is 1. The number of quaternary nitrogens is 1. The summed E-state index contributed by atoms with van der Waals surface area (Å²) in [5.41, 5.74) is 0. The first kappa shape index (κ1) is 62.5. The molecule has 0 aromatic heterocycles. The Balaban J connectivity index is 3.65. The molecule has 378 valence electrons. The van der Waals surface area contributed by atoms with E-state index in [-0.39, 0.29) is 19.1 Å². The molecule has 1 amide bonds. The van der Waals surface area contributed by atoms with Crippen LogP contribution in [0.15, 0.2) is 0 Å². The van der Waals surface area contributed by atoms with E-state index in [1.807, 2.05) is 21.1 Å². The fraction of sp³-hybridized carbons (Fsp3) is 0.981. The van der Waals surface area contributed by atoms with Crippen molar-refractivity contribution < 1.29 is 32.9 Å². The van der Waals surface area contributed by atoms with Crippen LogP contribution in [-0.2, 0) is 18.4 Å². The number of carbonyl (C=O) groups is 1. The van der Waals surface area contributed by atoms with Gasteiger partial charge in [-0.1, -0.05) is 271 Å². The van der Waals surface area contributed by atoms with Crippen LogP contribution >= 0.6 is 7.82 Å². The van der Waals surface area contributed by atoms with Crippen molar-refractivity contribution in [1.82, 2.24) is 5.32 Å². The number of hydrogen-bond acceptors (Lipinski definition) is 6. The molecule has 63 heavy (non-hydrogen) atoms. The molecule has 0 aromatic carbocycles. The second kappa shape index (κ2) is 46.6. The number of rotatable bonds is 52. The standard InChI is InChI=1S/C54H111N2O6P/c1-6-8-10-12-13-14-15-16-17-18-19-20-21-22-23-24-25-26-27-28-29-30-31-32-33-34-35-36-37-38-39-40-41-42-44-46-48-54(58)55-52(53(57)47-45-43-11-9-7-2)51-62-63(59,60)61-50-49-56(3,4)5/h52-53,57H,6-51H2,1-5H3,(H-,55,58,59,60). The molecule has 8 nitrogen and oxygen atoms in total. The number of aliphatic hydroxyl groups excluding tert-OH is 1. The van der Waals surface area contributed by atoms with Gasteiger partial charge in [0.1, 0.15) is 13.2 Å². The van der Waals surface area contributed by atoms with Gasteiger partial charge in [-0.05, 0) is 12.8 Å². The van der Waals surface area contributed by atoms with E-state index >= 15 is 0 Å². The van der Waals surface area contributed by atoms with Crippen molar-refractivity contribution in [2.45, 2.75) is 302 Å². The minimum Gasteiger partial charge on any atom is -0.756 e. The number of amides is 1. The molecule has 0 aromatic rings. The Morgan fingerprint density at radius 3 is 1.08 bits per heavy atom. The van der Waals surface area contributed by atoms with Gasteiger partial charge in [0.05, 0.1) is 39.9 Å². The molecule has 0 aliphatic carbocycles. The number of aliphatic hydroxyl groups is 1. The Morgan fingerprint density at radius 2 is 0.778 bits per heavy atom. The Labute approximate surface area is 393 Å². The van der Waals surface area contributed by atoms with Crippen molar-refractivity contribution in [3.63, 3.8) is 0 Å². The molecule has 3 atom stereocenters. The van der Waals surface area contributed by atoms with Gasteiger partial charge in [0.25, 0.3) is 7.82 Å². The minimum absolute atomic E-state index is 0.0149. The molecule has 0 fully saturated rings. The fourth-order valence-electron chi connectivity index (χ4n) is 8.69. The van der Waals surface area contributed by atoms with Crippen molar-refractivity contribution in [2.24, 2.45) is 0 Å². The maximum atomic E-state index is 12.8. The van der Waals surface area contributed by atoms with Crippen molar-refractivity contribution in [3.05, 3.63) is 0 Å². The van der Waals surface area contributed by atoms with Crippen molar-refractivity contribution in [3.8, 4) is 0 Å². The van der Waals surface area contributed by atoms with E-state index in [0.717, 1.165) is 51.4 Å². The summed E-state index contributed by atoms with van der Waals surface area (Å²) in [5.74, 6) is -0.165. The van der Waals surface area contributed by atoms with Crippen LogP contribution in [0.3, 0.4) is 0 Å². The van der Waals surface area contributed by atoms with Gasteiger partial charge in [0.2, 0.25) is 5.91 Å². The van der Waals surface area contributed by atoms with Crippen LogP contribution in [0.5, 0.6) is 0 Å². The zero-order valence-electron chi connectivity index (χ0n) is 43.1. The molecule has 3 unspecified atom stereocenters. The lowest BCUT2D eigenvalue weighted by Crippen LogP contribution is -2.46. The summed E-state index contributed by atoms with van der Waals surface area (Å²) in [4.78, 5) is 25.2. The summed E-state index contributed by atoms with van der Waals surface area (Å²) in [7, 11) is 1.31. The average Bonchev–Trinajstić information content (AvgIpc) is 3.24. The largest absolute Gasteiger partial charge is 0.756 e. The van der Waals surface area contributed by atoms with Gasteiger partial charge < -0.3 is 28.8 Å². The van der Waals surface area contributed by atoms with Crippen molar-refractivity contribution >= 4 is 13.7 Å². The monoisotopic (exact) mass is 915 g/mol. The summed E-state index contributed by atoms with van der Waals surface area (Å²) in [6, 6.07) is -0.791. The first-order chi connectivity index (χ1) is 30.5. The van der Waals surface area contributed by atoms with Crippen LogP contribution < -0.4 is 10.2 Å². The normalized spacial score (nSPS) is 14.0. The summed E-state index contributed by atoms with van der Waals surface area (Å²) in [6.07, 6.45) is 55.1. The SMILES string of the molecule is CCCCCCCCCCCCCCCCCCCCCCCCCCCCCCCCCCCCCCC(=O)NC(COP(=O)([O-])OCC[N+](C)(C)C)C(O)CCCCCCC. The van der Waals surface area contributed by atoms with Crippen LogP contribution in [0.4, 0.5) is 0 Å².